The Kier molecular flexibility index (Phi) is 6.31. The van der Waals surface area contributed by atoms with Gasteiger partial charge in [-0.3, -0.25) is 4.79 Å². The predicted molar refractivity (Wildman–Crippen MR) is 98.8 cm³/mol. The van der Waals surface area contributed by atoms with Crippen LogP contribution in [0, 0.1) is 0 Å². The third-order valence-corrected chi connectivity index (χ3v) is 4.39. The van der Waals surface area contributed by atoms with Crippen molar-refractivity contribution in [3.63, 3.8) is 0 Å². The van der Waals surface area contributed by atoms with E-state index >= 15 is 0 Å². The van der Waals surface area contributed by atoms with E-state index in [9.17, 15) is 4.79 Å². The van der Waals surface area contributed by atoms with Gasteiger partial charge in [0.25, 0.3) is 0 Å². The van der Waals surface area contributed by atoms with Gasteiger partial charge in [-0.25, -0.2) is 0 Å². The van der Waals surface area contributed by atoms with Gasteiger partial charge in [0.2, 0.25) is 5.91 Å². The number of rotatable bonds is 6. The molecule has 0 unspecified atom stereocenters. The molecule has 2 aromatic carbocycles. The van der Waals surface area contributed by atoms with Gasteiger partial charge in [-0.05, 0) is 55.8 Å². The molecule has 1 N–H and O–H groups in total. The molecule has 5 heteroatoms. The summed E-state index contributed by atoms with van der Waals surface area (Å²) in [5.41, 5.74) is 2.55. The molecule has 1 amide bonds. The van der Waals surface area contributed by atoms with Crippen LogP contribution in [0.4, 0.5) is 11.4 Å². The highest BCUT2D eigenvalue weighted by molar-refractivity contribution is 6.36. The van der Waals surface area contributed by atoms with E-state index in [0.717, 1.165) is 24.5 Å². The number of carbonyl (C=O) groups is 1. The van der Waals surface area contributed by atoms with Crippen LogP contribution < -0.4 is 10.2 Å². The van der Waals surface area contributed by atoms with E-state index in [2.05, 4.69) is 24.1 Å². The maximum absolute atomic E-state index is 12.2. The molecule has 0 saturated heterocycles. The van der Waals surface area contributed by atoms with Gasteiger partial charge < -0.3 is 10.2 Å². The first kappa shape index (κ1) is 17.6. The van der Waals surface area contributed by atoms with Crippen LogP contribution in [0.15, 0.2) is 42.5 Å². The van der Waals surface area contributed by atoms with E-state index < -0.39 is 0 Å². The largest absolute Gasteiger partial charge is 0.372 e. The van der Waals surface area contributed by atoms with Crippen molar-refractivity contribution in [1.29, 1.82) is 0 Å². The molecule has 0 spiro atoms. The molecule has 0 bridgehead atoms. The Hall–Kier alpha value is -1.71. The van der Waals surface area contributed by atoms with Gasteiger partial charge in [-0.15, -0.1) is 0 Å². The number of benzene rings is 2. The summed E-state index contributed by atoms with van der Waals surface area (Å²) in [7, 11) is 0. The molecule has 0 atom stereocenters. The summed E-state index contributed by atoms with van der Waals surface area (Å²) in [5.74, 6) is -0.143. The lowest BCUT2D eigenvalue weighted by Crippen LogP contribution is -2.21. The molecule has 0 fully saturated rings. The van der Waals surface area contributed by atoms with Gasteiger partial charge in [0.05, 0.1) is 6.42 Å². The zero-order valence-electron chi connectivity index (χ0n) is 13.3. The van der Waals surface area contributed by atoms with Crippen molar-refractivity contribution < 1.29 is 4.79 Å². The molecule has 0 heterocycles. The number of hydrogen-bond donors (Lipinski definition) is 1. The summed E-state index contributed by atoms with van der Waals surface area (Å²) in [5, 5.41) is 3.88. The van der Waals surface area contributed by atoms with Crippen molar-refractivity contribution in [2.75, 3.05) is 23.3 Å². The van der Waals surface area contributed by atoms with E-state index in [1.54, 1.807) is 18.2 Å². The van der Waals surface area contributed by atoms with Crippen molar-refractivity contribution in [3.05, 3.63) is 58.1 Å². The van der Waals surface area contributed by atoms with Gasteiger partial charge in [0.15, 0.2) is 0 Å². The number of carbonyl (C=O) groups excluding carboxylic acids is 1. The molecule has 0 aromatic heterocycles. The Balaban J connectivity index is 2.03. The third kappa shape index (κ3) is 4.63. The second kappa shape index (κ2) is 8.23. The van der Waals surface area contributed by atoms with Crippen LogP contribution in [0.5, 0.6) is 0 Å². The van der Waals surface area contributed by atoms with Crippen LogP contribution >= 0.6 is 23.2 Å². The molecule has 0 aliphatic carbocycles. The second-order valence-corrected chi connectivity index (χ2v) is 5.96. The summed E-state index contributed by atoms with van der Waals surface area (Å²) in [4.78, 5) is 14.4. The quantitative estimate of drug-likeness (QED) is 0.792. The van der Waals surface area contributed by atoms with Crippen molar-refractivity contribution in [2.24, 2.45) is 0 Å². The first-order valence-corrected chi connectivity index (χ1v) is 8.38. The maximum Gasteiger partial charge on any atom is 0.228 e. The standard InChI is InChI=1S/C18H20Cl2N2O/c1-3-22(4-2)14-10-8-13(9-11-14)21-18(23)12-15-16(19)6-5-7-17(15)20/h5-11H,3-4,12H2,1-2H3,(H,21,23). The third-order valence-electron chi connectivity index (χ3n) is 3.68. The lowest BCUT2D eigenvalue weighted by Gasteiger charge is -2.21. The van der Waals surface area contributed by atoms with E-state index in [4.69, 9.17) is 23.2 Å². The first-order valence-electron chi connectivity index (χ1n) is 7.62. The first-order chi connectivity index (χ1) is 11.0. The zero-order valence-corrected chi connectivity index (χ0v) is 14.8. The van der Waals surface area contributed by atoms with E-state index in [1.165, 1.54) is 0 Å². The van der Waals surface area contributed by atoms with Crippen LogP contribution in [0.25, 0.3) is 0 Å². The average Bonchev–Trinajstić information content (AvgIpc) is 2.54. The molecule has 3 nitrogen and oxygen atoms in total. The molecule has 0 aliphatic heterocycles. The van der Waals surface area contributed by atoms with Gasteiger partial charge in [0.1, 0.15) is 0 Å². The van der Waals surface area contributed by atoms with Crippen molar-refractivity contribution >= 4 is 40.5 Å². The molecular formula is C18H20Cl2N2O. The highest BCUT2D eigenvalue weighted by Gasteiger charge is 2.11. The Bertz CT molecular complexity index is 647. The van der Waals surface area contributed by atoms with Crippen LogP contribution in [0.1, 0.15) is 19.4 Å². The smallest absolute Gasteiger partial charge is 0.228 e. The van der Waals surface area contributed by atoms with Crippen LogP contribution in [0.3, 0.4) is 0 Å². The van der Waals surface area contributed by atoms with Gasteiger partial charge in [0, 0.05) is 34.5 Å². The zero-order chi connectivity index (χ0) is 16.8. The molecule has 0 radical (unpaired) electrons. The fraction of sp³-hybridized carbons (Fsp3) is 0.278. The minimum Gasteiger partial charge on any atom is -0.372 e. The van der Waals surface area contributed by atoms with Gasteiger partial charge in [-0.2, -0.15) is 0 Å². The molecule has 2 aromatic rings. The molecule has 0 saturated carbocycles. The summed E-state index contributed by atoms with van der Waals surface area (Å²) in [6.07, 6.45) is 0.149. The Morgan fingerprint density at radius 1 is 1.00 bits per heavy atom. The minimum atomic E-state index is -0.143. The number of anilines is 2. The summed E-state index contributed by atoms with van der Waals surface area (Å²) >= 11 is 12.2. The molecular weight excluding hydrogens is 331 g/mol. The van der Waals surface area contributed by atoms with Crippen molar-refractivity contribution in [3.8, 4) is 0 Å². The van der Waals surface area contributed by atoms with E-state index in [-0.39, 0.29) is 12.3 Å². The Morgan fingerprint density at radius 3 is 2.09 bits per heavy atom. The van der Waals surface area contributed by atoms with Crippen LogP contribution in [-0.4, -0.2) is 19.0 Å². The molecule has 0 aliphatic rings. The molecule has 2 rings (SSSR count). The Labute approximate surface area is 147 Å². The number of nitrogens with zero attached hydrogens (tertiary/aromatic N) is 1. The molecule has 122 valence electrons. The van der Waals surface area contributed by atoms with Crippen LogP contribution in [0.2, 0.25) is 10.0 Å². The highest BCUT2D eigenvalue weighted by Crippen LogP contribution is 2.25. The fourth-order valence-electron chi connectivity index (χ4n) is 2.41. The van der Waals surface area contributed by atoms with Crippen molar-refractivity contribution in [2.45, 2.75) is 20.3 Å². The Morgan fingerprint density at radius 2 is 1.57 bits per heavy atom. The minimum absolute atomic E-state index is 0.143. The number of halogens is 2. The topological polar surface area (TPSA) is 32.3 Å². The summed E-state index contributed by atoms with van der Waals surface area (Å²) in [6.45, 7) is 6.14. The lowest BCUT2D eigenvalue weighted by molar-refractivity contribution is -0.115. The lowest BCUT2D eigenvalue weighted by atomic mass is 10.1. The monoisotopic (exact) mass is 350 g/mol. The molecule has 23 heavy (non-hydrogen) atoms. The normalized spacial score (nSPS) is 10.4. The second-order valence-electron chi connectivity index (χ2n) is 5.14. The number of nitrogens with one attached hydrogen (secondary N) is 1. The number of amides is 1. The predicted octanol–water partition coefficient (Wildman–Crippen LogP) is 5.02. The number of hydrogen-bond acceptors (Lipinski definition) is 2. The van der Waals surface area contributed by atoms with Crippen LogP contribution in [-0.2, 0) is 11.2 Å². The SMILES string of the molecule is CCN(CC)c1ccc(NC(=O)Cc2c(Cl)cccc2Cl)cc1. The van der Waals surface area contributed by atoms with Gasteiger partial charge in [-0.1, -0.05) is 29.3 Å². The highest BCUT2D eigenvalue weighted by atomic mass is 35.5. The van der Waals surface area contributed by atoms with Gasteiger partial charge >= 0.3 is 0 Å². The fourth-order valence-corrected chi connectivity index (χ4v) is 2.94. The van der Waals surface area contributed by atoms with Crippen molar-refractivity contribution in [1.82, 2.24) is 0 Å². The summed E-state index contributed by atoms with van der Waals surface area (Å²) < 4.78 is 0. The summed E-state index contributed by atoms with van der Waals surface area (Å²) in [6, 6.07) is 13.0. The van der Waals surface area contributed by atoms with E-state index in [0.29, 0.717) is 15.6 Å². The average molecular weight is 351 g/mol. The van der Waals surface area contributed by atoms with E-state index in [1.807, 2.05) is 24.3 Å². The maximum atomic E-state index is 12.2.